The summed E-state index contributed by atoms with van der Waals surface area (Å²) in [6, 6.07) is 14.3. The molecule has 4 heteroatoms. The minimum atomic E-state index is 0.539. The third-order valence-electron chi connectivity index (χ3n) is 5.50. The lowest BCUT2D eigenvalue weighted by molar-refractivity contribution is 0.340. The normalized spacial score (nSPS) is 14.5. The predicted molar refractivity (Wildman–Crippen MR) is 123 cm³/mol. The fourth-order valence-electron chi connectivity index (χ4n) is 3.70. The van der Waals surface area contributed by atoms with Crippen LogP contribution in [-0.4, -0.2) is 16.6 Å². The van der Waals surface area contributed by atoms with Gasteiger partial charge in [0.25, 0.3) is 0 Å². The van der Waals surface area contributed by atoms with Gasteiger partial charge in [-0.05, 0) is 48.6 Å². The number of ether oxygens (including phenoxy) is 1. The molecule has 2 aromatic carbocycles. The predicted octanol–water partition coefficient (Wildman–Crippen LogP) is 7.42. The molecule has 0 aliphatic heterocycles. The van der Waals surface area contributed by atoms with Crippen LogP contribution < -0.4 is 10.1 Å². The zero-order valence-electron chi connectivity index (χ0n) is 18.3. The van der Waals surface area contributed by atoms with E-state index < -0.39 is 0 Å². The van der Waals surface area contributed by atoms with Gasteiger partial charge in [-0.25, -0.2) is 4.98 Å². The summed E-state index contributed by atoms with van der Waals surface area (Å²) in [6.07, 6.45) is 7.44. The SMILES string of the molecule is CC1CCCCC1.CCOc1ccc2nc(Nc3ccc(C(C)C)cc3)[nH]c2c1. The molecule has 0 atom stereocenters. The summed E-state index contributed by atoms with van der Waals surface area (Å²) < 4.78 is 5.51. The zero-order chi connectivity index (χ0) is 20.6. The second-order valence-electron chi connectivity index (χ2n) is 8.34. The average molecular weight is 394 g/mol. The molecule has 0 spiro atoms. The van der Waals surface area contributed by atoms with Crippen molar-refractivity contribution in [3.8, 4) is 5.75 Å². The van der Waals surface area contributed by atoms with Crippen LogP contribution in [0.4, 0.5) is 11.6 Å². The van der Waals surface area contributed by atoms with Gasteiger partial charge in [-0.15, -0.1) is 0 Å². The summed E-state index contributed by atoms with van der Waals surface area (Å²) in [5.74, 6) is 3.17. The molecule has 1 saturated carbocycles. The van der Waals surface area contributed by atoms with Crippen LogP contribution in [0.3, 0.4) is 0 Å². The van der Waals surface area contributed by atoms with Gasteiger partial charge in [-0.1, -0.05) is 65.0 Å². The van der Waals surface area contributed by atoms with E-state index in [1.54, 1.807) is 0 Å². The van der Waals surface area contributed by atoms with Gasteiger partial charge in [0.05, 0.1) is 17.6 Å². The number of fused-ring (bicyclic) bond motifs is 1. The van der Waals surface area contributed by atoms with E-state index in [-0.39, 0.29) is 0 Å². The molecule has 0 amide bonds. The first-order chi connectivity index (χ1) is 14.0. The smallest absolute Gasteiger partial charge is 0.205 e. The Bertz CT molecular complexity index is 877. The molecule has 1 fully saturated rings. The molecule has 4 rings (SSSR count). The highest BCUT2D eigenvalue weighted by Gasteiger charge is 2.06. The maximum atomic E-state index is 5.51. The number of anilines is 2. The van der Waals surface area contributed by atoms with Crippen LogP contribution in [0.5, 0.6) is 5.75 Å². The van der Waals surface area contributed by atoms with E-state index >= 15 is 0 Å². The first kappa shape index (κ1) is 21.2. The van der Waals surface area contributed by atoms with Crippen LogP contribution in [0.2, 0.25) is 0 Å². The van der Waals surface area contributed by atoms with E-state index in [1.807, 2.05) is 25.1 Å². The second-order valence-corrected chi connectivity index (χ2v) is 8.34. The Morgan fingerprint density at radius 1 is 1.07 bits per heavy atom. The second kappa shape index (κ2) is 10.3. The molecule has 1 heterocycles. The highest BCUT2D eigenvalue weighted by atomic mass is 16.5. The zero-order valence-corrected chi connectivity index (χ0v) is 18.3. The Kier molecular flexibility index (Phi) is 7.56. The molecule has 1 aliphatic rings. The summed E-state index contributed by atoms with van der Waals surface area (Å²) >= 11 is 0. The van der Waals surface area contributed by atoms with Gasteiger partial charge >= 0.3 is 0 Å². The maximum Gasteiger partial charge on any atom is 0.205 e. The van der Waals surface area contributed by atoms with Crippen molar-refractivity contribution in [2.45, 2.75) is 65.7 Å². The van der Waals surface area contributed by atoms with Crippen molar-refractivity contribution in [1.29, 1.82) is 0 Å². The summed E-state index contributed by atoms with van der Waals surface area (Å²) in [7, 11) is 0. The van der Waals surface area contributed by atoms with E-state index in [9.17, 15) is 0 Å². The number of aromatic amines is 1. The lowest BCUT2D eigenvalue weighted by atomic mass is 9.91. The topological polar surface area (TPSA) is 49.9 Å². The number of hydrogen-bond acceptors (Lipinski definition) is 3. The maximum absolute atomic E-state index is 5.51. The molecule has 0 bridgehead atoms. The molecule has 1 aliphatic carbocycles. The molecule has 0 radical (unpaired) electrons. The monoisotopic (exact) mass is 393 g/mol. The Labute approximate surface area is 175 Å². The van der Waals surface area contributed by atoms with Gasteiger partial charge in [0.15, 0.2) is 0 Å². The van der Waals surface area contributed by atoms with E-state index in [1.165, 1.54) is 37.7 Å². The Morgan fingerprint density at radius 3 is 2.38 bits per heavy atom. The molecule has 156 valence electrons. The lowest BCUT2D eigenvalue weighted by Crippen LogP contribution is -1.99. The van der Waals surface area contributed by atoms with Gasteiger partial charge in [-0.2, -0.15) is 0 Å². The van der Waals surface area contributed by atoms with Crippen LogP contribution in [0.1, 0.15) is 71.3 Å². The number of nitrogens with zero attached hydrogens (tertiary/aromatic N) is 1. The lowest BCUT2D eigenvalue weighted by Gasteiger charge is -2.15. The number of aromatic nitrogens is 2. The van der Waals surface area contributed by atoms with Crippen molar-refractivity contribution >= 4 is 22.7 Å². The summed E-state index contributed by atoms with van der Waals surface area (Å²) in [6.45, 7) is 9.38. The summed E-state index contributed by atoms with van der Waals surface area (Å²) in [4.78, 5) is 7.82. The van der Waals surface area contributed by atoms with Gasteiger partial charge < -0.3 is 15.0 Å². The molecule has 1 aromatic heterocycles. The van der Waals surface area contributed by atoms with Crippen LogP contribution in [0, 0.1) is 5.92 Å². The number of imidazole rings is 1. The van der Waals surface area contributed by atoms with E-state index in [0.29, 0.717) is 12.5 Å². The minimum Gasteiger partial charge on any atom is -0.494 e. The third-order valence-corrected chi connectivity index (χ3v) is 5.50. The quantitative estimate of drug-likeness (QED) is 0.474. The Hall–Kier alpha value is -2.49. The Morgan fingerprint density at radius 2 is 1.79 bits per heavy atom. The first-order valence-corrected chi connectivity index (χ1v) is 11.0. The fraction of sp³-hybridized carbons (Fsp3) is 0.480. The number of hydrogen-bond donors (Lipinski definition) is 2. The van der Waals surface area contributed by atoms with Crippen molar-refractivity contribution in [3.05, 3.63) is 48.0 Å². The van der Waals surface area contributed by atoms with Gasteiger partial charge in [0.1, 0.15) is 5.75 Å². The highest BCUT2D eigenvalue weighted by Crippen LogP contribution is 2.24. The average Bonchev–Trinajstić information content (AvgIpc) is 3.11. The number of H-pyrrole nitrogens is 1. The number of benzene rings is 2. The van der Waals surface area contributed by atoms with Crippen LogP contribution in [0.15, 0.2) is 42.5 Å². The first-order valence-electron chi connectivity index (χ1n) is 11.0. The van der Waals surface area contributed by atoms with Crippen molar-refractivity contribution in [3.63, 3.8) is 0 Å². The summed E-state index contributed by atoms with van der Waals surface area (Å²) in [5.41, 5.74) is 4.24. The largest absolute Gasteiger partial charge is 0.494 e. The number of rotatable bonds is 5. The van der Waals surface area contributed by atoms with Crippen molar-refractivity contribution in [2.75, 3.05) is 11.9 Å². The molecule has 0 saturated heterocycles. The van der Waals surface area contributed by atoms with Crippen LogP contribution in [-0.2, 0) is 0 Å². The van der Waals surface area contributed by atoms with Crippen LogP contribution >= 0.6 is 0 Å². The number of nitrogens with one attached hydrogen (secondary N) is 2. The molecule has 4 nitrogen and oxygen atoms in total. The Balaban J connectivity index is 0.000000290. The summed E-state index contributed by atoms with van der Waals surface area (Å²) in [5, 5.41) is 3.30. The van der Waals surface area contributed by atoms with Gasteiger partial charge in [0, 0.05) is 11.8 Å². The molecule has 0 unspecified atom stereocenters. The standard InChI is InChI=1S/C18H21N3O.C7H14/c1-4-22-15-9-10-16-17(11-15)21-18(20-16)19-14-7-5-13(6-8-14)12(2)3;1-7-5-3-2-4-6-7/h5-12H,4H2,1-3H3,(H2,19,20,21);7H,2-6H2,1H3. The fourth-order valence-corrected chi connectivity index (χ4v) is 3.70. The molecular formula is C25H35N3O. The minimum absolute atomic E-state index is 0.539. The van der Waals surface area contributed by atoms with Crippen molar-refractivity contribution in [1.82, 2.24) is 9.97 Å². The van der Waals surface area contributed by atoms with E-state index in [0.717, 1.165) is 34.3 Å². The van der Waals surface area contributed by atoms with E-state index in [4.69, 9.17) is 4.74 Å². The van der Waals surface area contributed by atoms with Crippen molar-refractivity contribution < 1.29 is 4.74 Å². The van der Waals surface area contributed by atoms with Crippen LogP contribution in [0.25, 0.3) is 11.0 Å². The molecule has 2 N–H and O–H groups in total. The third kappa shape index (κ3) is 6.25. The molecule has 29 heavy (non-hydrogen) atoms. The van der Waals surface area contributed by atoms with Gasteiger partial charge in [-0.3, -0.25) is 0 Å². The van der Waals surface area contributed by atoms with Crippen molar-refractivity contribution in [2.24, 2.45) is 5.92 Å². The molecular weight excluding hydrogens is 358 g/mol. The molecule has 3 aromatic rings. The van der Waals surface area contributed by atoms with Gasteiger partial charge in [0.2, 0.25) is 5.95 Å². The highest BCUT2D eigenvalue weighted by molar-refractivity contribution is 5.79. The van der Waals surface area contributed by atoms with E-state index in [2.05, 4.69) is 60.3 Å².